The average Bonchev–Trinajstić information content (AvgIpc) is 2.14. The average molecular weight is 169 g/mol. The smallest absolute Gasteiger partial charge is 0.00519 e. The van der Waals surface area contributed by atoms with Crippen molar-refractivity contribution in [2.24, 2.45) is 5.92 Å². The Balaban J connectivity index is 1.91. The summed E-state index contributed by atoms with van der Waals surface area (Å²) >= 11 is 0. The standard InChI is InChI=1S/C11H23N/c1-12-10-6-5-9-11-7-3-2-4-8-11/h11-12H,2-10H2,1H3. The molecule has 0 aromatic heterocycles. The van der Waals surface area contributed by atoms with Gasteiger partial charge in [0.05, 0.1) is 0 Å². The van der Waals surface area contributed by atoms with Crippen LogP contribution in [0, 0.1) is 5.92 Å². The molecule has 0 saturated heterocycles. The highest BCUT2D eigenvalue weighted by molar-refractivity contribution is 4.65. The van der Waals surface area contributed by atoms with Gasteiger partial charge in [-0.3, -0.25) is 0 Å². The van der Waals surface area contributed by atoms with Crippen molar-refractivity contribution >= 4 is 0 Å². The topological polar surface area (TPSA) is 12.0 Å². The van der Waals surface area contributed by atoms with Gasteiger partial charge in [-0.25, -0.2) is 0 Å². The van der Waals surface area contributed by atoms with Crippen molar-refractivity contribution in [2.75, 3.05) is 13.6 Å². The summed E-state index contributed by atoms with van der Waals surface area (Å²) in [4.78, 5) is 0. The zero-order valence-corrected chi connectivity index (χ0v) is 8.44. The fourth-order valence-electron chi connectivity index (χ4n) is 2.21. The van der Waals surface area contributed by atoms with E-state index in [2.05, 4.69) is 5.32 Å². The molecule has 72 valence electrons. The van der Waals surface area contributed by atoms with Crippen molar-refractivity contribution in [2.45, 2.75) is 51.4 Å². The number of hydrogen-bond acceptors (Lipinski definition) is 1. The first-order valence-corrected chi connectivity index (χ1v) is 5.58. The summed E-state index contributed by atoms with van der Waals surface area (Å²) in [6, 6.07) is 0. The fraction of sp³-hybridized carbons (Fsp3) is 1.00. The second-order valence-electron chi connectivity index (χ2n) is 4.10. The SMILES string of the molecule is CNCCCCC1CCCCC1. The lowest BCUT2D eigenvalue weighted by Crippen LogP contribution is -2.09. The molecular formula is C11H23N. The van der Waals surface area contributed by atoms with Gasteiger partial charge in [0.1, 0.15) is 0 Å². The lowest BCUT2D eigenvalue weighted by atomic mass is 9.86. The molecule has 0 atom stereocenters. The zero-order valence-electron chi connectivity index (χ0n) is 8.44. The van der Waals surface area contributed by atoms with Gasteiger partial charge in [-0.2, -0.15) is 0 Å². The summed E-state index contributed by atoms with van der Waals surface area (Å²) in [6.07, 6.45) is 11.8. The van der Waals surface area contributed by atoms with E-state index >= 15 is 0 Å². The first kappa shape index (κ1) is 10.0. The quantitative estimate of drug-likeness (QED) is 0.624. The van der Waals surface area contributed by atoms with Crippen molar-refractivity contribution in [3.8, 4) is 0 Å². The third-order valence-corrected chi connectivity index (χ3v) is 3.01. The van der Waals surface area contributed by atoms with Gasteiger partial charge in [0.25, 0.3) is 0 Å². The predicted octanol–water partition coefficient (Wildman–Crippen LogP) is 2.96. The Kier molecular flexibility index (Phi) is 5.42. The van der Waals surface area contributed by atoms with E-state index in [-0.39, 0.29) is 0 Å². The van der Waals surface area contributed by atoms with Crippen LogP contribution in [0.3, 0.4) is 0 Å². The maximum atomic E-state index is 3.21. The second kappa shape index (κ2) is 6.47. The highest BCUT2D eigenvalue weighted by Gasteiger charge is 2.11. The van der Waals surface area contributed by atoms with Crippen LogP contribution in [0.15, 0.2) is 0 Å². The van der Waals surface area contributed by atoms with Gasteiger partial charge in [-0.15, -0.1) is 0 Å². The Labute approximate surface area is 76.9 Å². The molecule has 0 bridgehead atoms. The van der Waals surface area contributed by atoms with Crippen LogP contribution in [0.5, 0.6) is 0 Å². The van der Waals surface area contributed by atoms with Crippen LogP contribution < -0.4 is 5.32 Å². The summed E-state index contributed by atoms with van der Waals surface area (Å²) in [7, 11) is 2.04. The number of unbranched alkanes of at least 4 members (excludes halogenated alkanes) is 1. The molecule has 0 aromatic rings. The van der Waals surface area contributed by atoms with Gasteiger partial charge < -0.3 is 5.32 Å². The molecule has 12 heavy (non-hydrogen) atoms. The third kappa shape index (κ3) is 4.10. The van der Waals surface area contributed by atoms with E-state index < -0.39 is 0 Å². The van der Waals surface area contributed by atoms with E-state index in [1.165, 1.54) is 57.9 Å². The Morgan fingerprint density at radius 3 is 2.50 bits per heavy atom. The highest BCUT2D eigenvalue weighted by Crippen LogP contribution is 2.27. The molecule has 1 fully saturated rings. The molecule has 0 heterocycles. The zero-order chi connectivity index (χ0) is 8.65. The van der Waals surface area contributed by atoms with Crippen LogP contribution in [0.25, 0.3) is 0 Å². The Morgan fingerprint density at radius 2 is 1.83 bits per heavy atom. The molecule has 0 amide bonds. The molecule has 1 aliphatic carbocycles. The molecule has 1 rings (SSSR count). The van der Waals surface area contributed by atoms with E-state index in [1.807, 2.05) is 7.05 Å². The highest BCUT2D eigenvalue weighted by atomic mass is 14.8. The second-order valence-corrected chi connectivity index (χ2v) is 4.10. The molecule has 1 N–H and O–H groups in total. The minimum Gasteiger partial charge on any atom is -0.320 e. The molecule has 0 unspecified atom stereocenters. The van der Waals surface area contributed by atoms with Gasteiger partial charge >= 0.3 is 0 Å². The lowest BCUT2D eigenvalue weighted by Gasteiger charge is -2.21. The molecule has 0 radical (unpaired) electrons. The monoisotopic (exact) mass is 169 g/mol. The van der Waals surface area contributed by atoms with Crippen LogP contribution in [0.2, 0.25) is 0 Å². The summed E-state index contributed by atoms with van der Waals surface area (Å²) in [6.45, 7) is 1.20. The van der Waals surface area contributed by atoms with Crippen molar-refractivity contribution in [3.63, 3.8) is 0 Å². The van der Waals surface area contributed by atoms with Crippen molar-refractivity contribution in [3.05, 3.63) is 0 Å². The van der Waals surface area contributed by atoms with Gasteiger partial charge in [-0.05, 0) is 25.9 Å². The molecule has 1 nitrogen and oxygen atoms in total. The third-order valence-electron chi connectivity index (χ3n) is 3.01. The van der Waals surface area contributed by atoms with Gasteiger partial charge in [-0.1, -0.05) is 44.9 Å². The maximum absolute atomic E-state index is 3.21. The van der Waals surface area contributed by atoms with Crippen LogP contribution in [-0.2, 0) is 0 Å². The van der Waals surface area contributed by atoms with Crippen molar-refractivity contribution in [1.29, 1.82) is 0 Å². The van der Waals surface area contributed by atoms with E-state index in [9.17, 15) is 0 Å². The van der Waals surface area contributed by atoms with Gasteiger partial charge in [0.15, 0.2) is 0 Å². The van der Waals surface area contributed by atoms with Crippen LogP contribution in [-0.4, -0.2) is 13.6 Å². The summed E-state index contributed by atoms with van der Waals surface area (Å²) in [5.41, 5.74) is 0. The van der Waals surface area contributed by atoms with Crippen molar-refractivity contribution < 1.29 is 0 Å². The van der Waals surface area contributed by atoms with E-state index in [0.29, 0.717) is 0 Å². The fourth-order valence-corrected chi connectivity index (χ4v) is 2.21. The minimum absolute atomic E-state index is 1.08. The first-order chi connectivity index (χ1) is 5.93. The lowest BCUT2D eigenvalue weighted by molar-refractivity contribution is 0.329. The molecule has 1 aliphatic rings. The normalized spacial score (nSPS) is 19.8. The summed E-state index contributed by atoms with van der Waals surface area (Å²) < 4.78 is 0. The number of nitrogens with one attached hydrogen (secondary N) is 1. The van der Waals surface area contributed by atoms with Crippen LogP contribution in [0.1, 0.15) is 51.4 Å². The summed E-state index contributed by atoms with van der Waals surface area (Å²) in [5, 5.41) is 3.21. The first-order valence-electron chi connectivity index (χ1n) is 5.58. The van der Waals surface area contributed by atoms with Crippen LogP contribution >= 0.6 is 0 Å². The minimum atomic E-state index is 1.08. The molecular weight excluding hydrogens is 146 g/mol. The number of hydrogen-bond donors (Lipinski definition) is 1. The van der Waals surface area contributed by atoms with Gasteiger partial charge in [0.2, 0.25) is 0 Å². The largest absolute Gasteiger partial charge is 0.320 e. The van der Waals surface area contributed by atoms with Crippen LogP contribution in [0.4, 0.5) is 0 Å². The Hall–Kier alpha value is -0.0400. The maximum Gasteiger partial charge on any atom is -0.00519 e. The molecule has 1 saturated carbocycles. The molecule has 1 heteroatoms. The van der Waals surface area contributed by atoms with E-state index in [1.54, 1.807) is 0 Å². The Bertz CT molecular complexity index is 95.2. The Morgan fingerprint density at radius 1 is 1.08 bits per heavy atom. The molecule has 0 aliphatic heterocycles. The number of rotatable bonds is 5. The molecule has 0 aromatic carbocycles. The van der Waals surface area contributed by atoms with E-state index in [4.69, 9.17) is 0 Å². The molecule has 0 spiro atoms. The predicted molar refractivity (Wildman–Crippen MR) is 54.4 cm³/mol. The summed E-state index contributed by atoms with van der Waals surface area (Å²) in [5.74, 6) is 1.08. The van der Waals surface area contributed by atoms with Crippen molar-refractivity contribution in [1.82, 2.24) is 5.32 Å². The van der Waals surface area contributed by atoms with E-state index in [0.717, 1.165) is 5.92 Å². The van der Waals surface area contributed by atoms with Gasteiger partial charge in [0, 0.05) is 0 Å².